The number of aryl methyl sites for hydroxylation is 1. The number of rotatable bonds is 4. The maximum Gasteiger partial charge on any atom is 0.225 e. The van der Waals surface area contributed by atoms with E-state index in [2.05, 4.69) is 5.32 Å². The number of aliphatic hydroxyl groups excluding tert-OH is 1. The van der Waals surface area contributed by atoms with Gasteiger partial charge in [0, 0.05) is 12.1 Å². The first-order valence-corrected chi connectivity index (χ1v) is 7.71. The van der Waals surface area contributed by atoms with E-state index >= 15 is 0 Å². The molecule has 4 nitrogen and oxygen atoms in total. The number of nitrogens with one attached hydrogen (secondary N) is 1. The third-order valence-electron chi connectivity index (χ3n) is 4.50. The van der Waals surface area contributed by atoms with Crippen LogP contribution in [0.3, 0.4) is 0 Å². The van der Waals surface area contributed by atoms with Crippen molar-refractivity contribution in [1.29, 1.82) is 0 Å². The molecule has 1 aromatic rings. The maximum atomic E-state index is 12.3. The second-order valence-corrected chi connectivity index (χ2v) is 6.48. The lowest BCUT2D eigenvalue weighted by atomic mass is 9.74. The SMILES string of the molecule is Cc1ccc(C(O)CNC(=O)C2CCCCC2(C)N)cc1. The molecule has 0 bridgehead atoms. The molecular weight excluding hydrogens is 264 g/mol. The van der Waals surface area contributed by atoms with E-state index in [9.17, 15) is 9.90 Å². The van der Waals surface area contributed by atoms with E-state index in [0.717, 1.165) is 36.8 Å². The summed E-state index contributed by atoms with van der Waals surface area (Å²) in [7, 11) is 0. The van der Waals surface area contributed by atoms with E-state index in [4.69, 9.17) is 5.73 Å². The quantitative estimate of drug-likeness (QED) is 0.794. The second kappa shape index (κ2) is 6.58. The molecule has 2 rings (SSSR count). The molecule has 3 atom stereocenters. The van der Waals surface area contributed by atoms with Crippen LogP contribution in [0.4, 0.5) is 0 Å². The molecule has 1 aliphatic rings. The van der Waals surface area contributed by atoms with Crippen LogP contribution in [0.25, 0.3) is 0 Å². The number of hydrogen-bond acceptors (Lipinski definition) is 3. The summed E-state index contributed by atoms with van der Waals surface area (Å²) in [6.07, 6.45) is 3.17. The Morgan fingerprint density at radius 2 is 2.10 bits per heavy atom. The van der Waals surface area contributed by atoms with Crippen molar-refractivity contribution in [1.82, 2.24) is 5.32 Å². The molecule has 4 heteroatoms. The Hall–Kier alpha value is -1.39. The zero-order valence-electron chi connectivity index (χ0n) is 12.9. The van der Waals surface area contributed by atoms with Crippen LogP contribution >= 0.6 is 0 Å². The van der Waals surface area contributed by atoms with Crippen LogP contribution in [0.1, 0.15) is 49.8 Å². The van der Waals surface area contributed by atoms with E-state index < -0.39 is 11.6 Å². The Balaban J connectivity index is 1.90. The van der Waals surface area contributed by atoms with Crippen molar-refractivity contribution < 1.29 is 9.90 Å². The molecule has 1 amide bonds. The van der Waals surface area contributed by atoms with Crippen LogP contribution in [0.5, 0.6) is 0 Å². The van der Waals surface area contributed by atoms with Gasteiger partial charge in [-0.15, -0.1) is 0 Å². The molecule has 1 fully saturated rings. The number of amides is 1. The lowest BCUT2D eigenvalue weighted by molar-refractivity contribution is -0.128. The molecule has 0 radical (unpaired) electrons. The Bertz CT molecular complexity index is 482. The smallest absolute Gasteiger partial charge is 0.225 e. The van der Waals surface area contributed by atoms with Gasteiger partial charge < -0.3 is 16.2 Å². The lowest BCUT2D eigenvalue weighted by Crippen LogP contribution is -2.53. The molecule has 0 spiro atoms. The Kier molecular flexibility index (Phi) is 5.01. The number of hydrogen-bond donors (Lipinski definition) is 3. The molecule has 21 heavy (non-hydrogen) atoms. The fraction of sp³-hybridized carbons (Fsp3) is 0.588. The molecule has 0 heterocycles. The summed E-state index contributed by atoms with van der Waals surface area (Å²) in [6.45, 7) is 4.18. The number of nitrogens with two attached hydrogens (primary N) is 1. The van der Waals surface area contributed by atoms with Gasteiger partial charge in [-0.1, -0.05) is 42.7 Å². The molecular formula is C17H26N2O2. The Morgan fingerprint density at radius 1 is 1.43 bits per heavy atom. The van der Waals surface area contributed by atoms with Gasteiger partial charge in [-0.3, -0.25) is 4.79 Å². The second-order valence-electron chi connectivity index (χ2n) is 6.48. The monoisotopic (exact) mass is 290 g/mol. The van der Waals surface area contributed by atoms with Crippen molar-refractivity contribution in [3.63, 3.8) is 0 Å². The summed E-state index contributed by atoms with van der Waals surface area (Å²) in [5.41, 5.74) is 7.77. The number of benzene rings is 1. The van der Waals surface area contributed by atoms with Crippen LogP contribution < -0.4 is 11.1 Å². The highest BCUT2D eigenvalue weighted by atomic mass is 16.3. The Morgan fingerprint density at radius 3 is 2.71 bits per heavy atom. The van der Waals surface area contributed by atoms with Crippen molar-refractivity contribution in [2.45, 2.75) is 51.2 Å². The highest BCUT2D eigenvalue weighted by molar-refractivity contribution is 5.80. The number of carbonyl (C=O) groups is 1. The summed E-state index contributed by atoms with van der Waals surface area (Å²) in [6, 6.07) is 7.69. The van der Waals surface area contributed by atoms with E-state index in [-0.39, 0.29) is 18.4 Å². The summed E-state index contributed by atoms with van der Waals surface area (Å²) in [5, 5.41) is 13.0. The molecule has 0 aromatic heterocycles. The lowest BCUT2D eigenvalue weighted by Gasteiger charge is -2.37. The van der Waals surface area contributed by atoms with Gasteiger partial charge in [0.25, 0.3) is 0 Å². The van der Waals surface area contributed by atoms with Crippen molar-refractivity contribution in [3.05, 3.63) is 35.4 Å². The van der Waals surface area contributed by atoms with Crippen LogP contribution in [0, 0.1) is 12.8 Å². The van der Waals surface area contributed by atoms with Crippen molar-refractivity contribution in [2.75, 3.05) is 6.54 Å². The molecule has 1 aromatic carbocycles. The first-order valence-electron chi connectivity index (χ1n) is 7.71. The zero-order valence-corrected chi connectivity index (χ0v) is 12.9. The minimum atomic E-state index is -0.679. The summed E-state index contributed by atoms with van der Waals surface area (Å²) in [5.74, 6) is -0.192. The topological polar surface area (TPSA) is 75.3 Å². The summed E-state index contributed by atoms with van der Waals surface area (Å²) >= 11 is 0. The van der Waals surface area contributed by atoms with Gasteiger partial charge in [0.05, 0.1) is 12.0 Å². The zero-order chi connectivity index (χ0) is 15.5. The van der Waals surface area contributed by atoms with Gasteiger partial charge in [-0.25, -0.2) is 0 Å². The predicted molar refractivity (Wildman–Crippen MR) is 83.7 cm³/mol. The van der Waals surface area contributed by atoms with Crippen molar-refractivity contribution in [2.24, 2.45) is 11.7 Å². The molecule has 0 aliphatic heterocycles. The normalized spacial score (nSPS) is 27.1. The van der Waals surface area contributed by atoms with E-state index in [0.29, 0.717) is 0 Å². The standard InChI is InChI=1S/C17H26N2O2/c1-12-6-8-13(9-7-12)15(20)11-19-16(21)14-5-3-4-10-17(14,2)18/h6-9,14-15,20H,3-5,10-11,18H2,1-2H3,(H,19,21). The maximum absolute atomic E-state index is 12.3. The third-order valence-corrected chi connectivity index (χ3v) is 4.50. The van der Waals surface area contributed by atoms with E-state index in [1.807, 2.05) is 38.1 Å². The van der Waals surface area contributed by atoms with Gasteiger partial charge >= 0.3 is 0 Å². The average Bonchev–Trinajstić information content (AvgIpc) is 2.44. The first-order chi connectivity index (χ1) is 9.90. The third kappa shape index (κ3) is 4.05. The summed E-state index contributed by atoms with van der Waals surface area (Å²) in [4.78, 5) is 12.3. The number of carbonyl (C=O) groups excluding carboxylic acids is 1. The minimum absolute atomic E-state index is 0.0362. The molecule has 4 N–H and O–H groups in total. The van der Waals surface area contributed by atoms with Gasteiger partial charge in [0.15, 0.2) is 0 Å². The van der Waals surface area contributed by atoms with Gasteiger partial charge in [-0.2, -0.15) is 0 Å². The Labute approximate surface area is 126 Å². The first kappa shape index (κ1) is 16.0. The molecule has 0 saturated heterocycles. The highest BCUT2D eigenvalue weighted by Crippen LogP contribution is 2.31. The highest BCUT2D eigenvalue weighted by Gasteiger charge is 2.37. The van der Waals surface area contributed by atoms with Crippen molar-refractivity contribution >= 4 is 5.91 Å². The minimum Gasteiger partial charge on any atom is -0.387 e. The van der Waals surface area contributed by atoms with Crippen LogP contribution in [-0.2, 0) is 4.79 Å². The summed E-state index contributed by atoms with van der Waals surface area (Å²) < 4.78 is 0. The average molecular weight is 290 g/mol. The van der Waals surface area contributed by atoms with E-state index in [1.165, 1.54) is 0 Å². The van der Waals surface area contributed by atoms with Gasteiger partial charge in [-0.05, 0) is 32.3 Å². The van der Waals surface area contributed by atoms with Crippen molar-refractivity contribution in [3.8, 4) is 0 Å². The van der Waals surface area contributed by atoms with Crippen LogP contribution in [-0.4, -0.2) is 23.1 Å². The van der Waals surface area contributed by atoms with E-state index in [1.54, 1.807) is 0 Å². The fourth-order valence-corrected chi connectivity index (χ4v) is 3.02. The fourth-order valence-electron chi connectivity index (χ4n) is 3.02. The predicted octanol–water partition coefficient (Wildman–Crippen LogP) is 2.05. The van der Waals surface area contributed by atoms with Gasteiger partial charge in [0.2, 0.25) is 5.91 Å². The van der Waals surface area contributed by atoms with Crippen LogP contribution in [0.15, 0.2) is 24.3 Å². The molecule has 3 unspecified atom stereocenters. The largest absolute Gasteiger partial charge is 0.387 e. The van der Waals surface area contributed by atoms with Gasteiger partial charge in [0.1, 0.15) is 0 Å². The molecule has 116 valence electrons. The molecule has 1 aliphatic carbocycles. The number of aliphatic hydroxyl groups is 1. The molecule has 1 saturated carbocycles. The van der Waals surface area contributed by atoms with Crippen LogP contribution in [0.2, 0.25) is 0 Å².